The fourth-order valence-corrected chi connectivity index (χ4v) is 3.25. The van der Waals surface area contributed by atoms with Crippen LogP contribution in [0.3, 0.4) is 0 Å². The van der Waals surface area contributed by atoms with E-state index < -0.39 is 5.79 Å². The predicted octanol–water partition coefficient (Wildman–Crippen LogP) is 1.19. The lowest BCUT2D eigenvalue weighted by atomic mass is 10.0. The van der Waals surface area contributed by atoms with Crippen molar-refractivity contribution < 1.29 is 19.0 Å². The number of hydrogen-bond donors (Lipinski definition) is 1. The third kappa shape index (κ3) is 4.26. The number of amides is 1. The number of carbonyl (C=O) groups excluding carboxylic acids is 1. The minimum absolute atomic E-state index is 0.147. The molecule has 0 bridgehead atoms. The number of benzene rings is 1. The number of methoxy groups -OCH3 is 1. The van der Waals surface area contributed by atoms with Crippen molar-refractivity contribution in [3.05, 3.63) is 29.8 Å². The third-order valence-corrected chi connectivity index (χ3v) is 4.69. The first kappa shape index (κ1) is 17.2. The Morgan fingerprint density at radius 2 is 2.04 bits per heavy atom. The summed E-state index contributed by atoms with van der Waals surface area (Å²) in [5.74, 6) is 0.590. The number of nitrogens with one attached hydrogen (secondary N) is 1. The molecule has 1 N–H and O–H groups in total. The molecule has 2 aliphatic rings. The van der Waals surface area contributed by atoms with Crippen molar-refractivity contribution in [2.75, 3.05) is 46.5 Å². The zero-order valence-electron chi connectivity index (χ0n) is 14.3. The number of nitrogens with zero attached hydrogens (tertiary/aromatic N) is 1. The van der Waals surface area contributed by atoms with Crippen LogP contribution >= 0.6 is 0 Å². The van der Waals surface area contributed by atoms with Crippen LogP contribution in [0.1, 0.15) is 18.4 Å². The molecule has 0 atom stereocenters. The number of hydrogen-bond acceptors (Lipinski definition) is 5. The van der Waals surface area contributed by atoms with Crippen molar-refractivity contribution in [2.45, 2.75) is 25.0 Å². The molecule has 0 saturated carbocycles. The number of piperidine rings is 1. The second-order valence-corrected chi connectivity index (χ2v) is 6.27. The van der Waals surface area contributed by atoms with Gasteiger partial charge < -0.3 is 24.4 Å². The molecule has 2 saturated heterocycles. The zero-order chi connectivity index (χ0) is 16.8. The van der Waals surface area contributed by atoms with Gasteiger partial charge in [-0.1, -0.05) is 12.1 Å². The minimum Gasteiger partial charge on any atom is -0.497 e. The minimum atomic E-state index is -0.420. The second-order valence-electron chi connectivity index (χ2n) is 6.27. The Kier molecular flexibility index (Phi) is 5.71. The first-order valence-corrected chi connectivity index (χ1v) is 8.60. The van der Waals surface area contributed by atoms with E-state index >= 15 is 0 Å². The molecule has 2 fully saturated rings. The predicted molar refractivity (Wildman–Crippen MR) is 90.0 cm³/mol. The molecule has 0 aliphatic carbocycles. The summed E-state index contributed by atoms with van der Waals surface area (Å²) < 4.78 is 16.6. The van der Waals surface area contributed by atoms with Crippen molar-refractivity contribution in [3.63, 3.8) is 0 Å². The Labute approximate surface area is 143 Å². The summed E-state index contributed by atoms with van der Waals surface area (Å²) in [6, 6.07) is 8.00. The molecular formula is C18H26N2O4. The van der Waals surface area contributed by atoms with E-state index in [9.17, 15) is 4.79 Å². The van der Waals surface area contributed by atoms with Gasteiger partial charge in [-0.15, -0.1) is 0 Å². The van der Waals surface area contributed by atoms with Gasteiger partial charge >= 0.3 is 0 Å². The van der Waals surface area contributed by atoms with Crippen molar-refractivity contribution in [3.8, 4) is 5.75 Å². The Hall–Kier alpha value is -1.63. The summed E-state index contributed by atoms with van der Waals surface area (Å²) >= 11 is 0. The van der Waals surface area contributed by atoms with Gasteiger partial charge in [0.1, 0.15) is 5.75 Å². The van der Waals surface area contributed by atoms with E-state index in [0.29, 0.717) is 32.8 Å². The molecule has 1 amide bonds. The summed E-state index contributed by atoms with van der Waals surface area (Å²) in [4.78, 5) is 14.2. The lowest BCUT2D eigenvalue weighted by molar-refractivity contribution is -0.187. The van der Waals surface area contributed by atoms with Gasteiger partial charge in [0.15, 0.2) is 5.79 Å². The molecule has 1 aromatic carbocycles. The average Bonchev–Trinajstić information content (AvgIpc) is 3.07. The Morgan fingerprint density at radius 1 is 1.29 bits per heavy atom. The van der Waals surface area contributed by atoms with Crippen LogP contribution in [0.4, 0.5) is 0 Å². The van der Waals surface area contributed by atoms with Crippen LogP contribution in [-0.4, -0.2) is 63.1 Å². The highest BCUT2D eigenvalue weighted by molar-refractivity contribution is 5.78. The lowest BCUT2D eigenvalue weighted by Gasteiger charge is -2.37. The van der Waals surface area contributed by atoms with E-state index in [2.05, 4.69) is 11.4 Å². The summed E-state index contributed by atoms with van der Waals surface area (Å²) in [7, 11) is 1.67. The van der Waals surface area contributed by atoms with Crippen LogP contribution in [0.5, 0.6) is 5.75 Å². The number of likely N-dealkylation sites (tertiary alicyclic amines) is 1. The quantitative estimate of drug-likeness (QED) is 0.792. The first-order valence-electron chi connectivity index (χ1n) is 8.60. The molecule has 2 heterocycles. The summed E-state index contributed by atoms with van der Waals surface area (Å²) in [6.07, 6.45) is 2.40. The van der Waals surface area contributed by atoms with E-state index in [-0.39, 0.29) is 5.91 Å². The molecule has 3 rings (SSSR count). The van der Waals surface area contributed by atoms with Gasteiger partial charge in [0.2, 0.25) is 5.91 Å². The van der Waals surface area contributed by atoms with E-state index in [1.54, 1.807) is 7.11 Å². The van der Waals surface area contributed by atoms with E-state index in [0.717, 1.165) is 31.6 Å². The van der Waals surface area contributed by atoms with Gasteiger partial charge in [0.25, 0.3) is 0 Å². The molecule has 132 valence electrons. The number of rotatable bonds is 6. The molecule has 0 aromatic heterocycles. The smallest absolute Gasteiger partial charge is 0.236 e. The molecule has 6 nitrogen and oxygen atoms in total. The van der Waals surface area contributed by atoms with Crippen LogP contribution in [0.25, 0.3) is 0 Å². The maximum Gasteiger partial charge on any atom is 0.236 e. The molecule has 0 radical (unpaired) electrons. The topological polar surface area (TPSA) is 60.0 Å². The molecule has 1 spiro atoms. The molecule has 24 heavy (non-hydrogen) atoms. The van der Waals surface area contributed by atoms with Crippen LogP contribution in [0.15, 0.2) is 24.3 Å². The molecule has 0 unspecified atom stereocenters. The van der Waals surface area contributed by atoms with E-state index in [1.165, 1.54) is 5.56 Å². The summed E-state index contributed by atoms with van der Waals surface area (Å²) in [5.41, 5.74) is 1.20. The summed E-state index contributed by atoms with van der Waals surface area (Å²) in [5, 5.41) is 3.23. The largest absolute Gasteiger partial charge is 0.497 e. The van der Waals surface area contributed by atoms with E-state index in [4.69, 9.17) is 14.2 Å². The fourth-order valence-electron chi connectivity index (χ4n) is 3.25. The lowest BCUT2D eigenvalue weighted by Crippen LogP contribution is -2.49. The SMILES string of the molecule is COc1cccc(CCNCC(=O)N2CCC3(CC2)OCCO3)c1. The zero-order valence-corrected chi connectivity index (χ0v) is 14.3. The Morgan fingerprint density at radius 3 is 2.75 bits per heavy atom. The van der Waals surface area contributed by atoms with Crippen molar-refractivity contribution in [2.24, 2.45) is 0 Å². The second kappa shape index (κ2) is 7.96. The van der Waals surface area contributed by atoms with Gasteiger partial charge in [-0.2, -0.15) is 0 Å². The Bertz CT molecular complexity index is 548. The molecule has 6 heteroatoms. The fraction of sp³-hybridized carbons (Fsp3) is 0.611. The first-order chi connectivity index (χ1) is 11.7. The molecule has 1 aromatic rings. The van der Waals surface area contributed by atoms with Crippen LogP contribution < -0.4 is 10.1 Å². The van der Waals surface area contributed by atoms with Crippen molar-refractivity contribution >= 4 is 5.91 Å². The molecular weight excluding hydrogens is 308 g/mol. The average molecular weight is 334 g/mol. The highest BCUT2D eigenvalue weighted by Crippen LogP contribution is 2.31. The van der Waals surface area contributed by atoms with Gasteiger partial charge in [-0.05, 0) is 30.7 Å². The monoisotopic (exact) mass is 334 g/mol. The highest BCUT2D eigenvalue weighted by Gasteiger charge is 2.40. The number of ether oxygens (including phenoxy) is 3. The van der Waals surface area contributed by atoms with Gasteiger partial charge in [-0.25, -0.2) is 0 Å². The number of carbonyl (C=O) groups is 1. The van der Waals surface area contributed by atoms with Crippen molar-refractivity contribution in [1.29, 1.82) is 0 Å². The van der Waals surface area contributed by atoms with Gasteiger partial charge in [0.05, 0.1) is 26.9 Å². The van der Waals surface area contributed by atoms with Crippen LogP contribution in [-0.2, 0) is 20.7 Å². The highest BCUT2D eigenvalue weighted by atomic mass is 16.7. The standard InChI is InChI=1S/C18H26N2O4/c1-22-16-4-2-3-15(13-16)5-8-19-14-17(21)20-9-6-18(7-10-20)23-11-12-24-18/h2-4,13,19H,5-12,14H2,1H3. The van der Waals surface area contributed by atoms with Gasteiger partial charge in [0, 0.05) is 25.9 Å². The van der Waals surface area contributed by atoms with Crippen molar-refractivity contribution in [1.82, 2.24) is 10.2 Å². The maximum atomic E-state index is 12.3. The van der Waals surface area contributed by atoms with Gasteiger partial charge in [-0.3, -0.25) is 4.79 Å². The Balaban J connectivity index is 1.35. The maximum absolute atomic E-state index is 12.3. The summed E-state index contributed by atoms with van der Waals surface area (Å²) in [6.45, 7) is 3.88. The normalized spacial score (nSPS) is 19.6. The van der Waals surface area contributed by atoms with Crippen LogP contribution in [0, 0.1) is 0 Å². The third-order valence-electron chi connectivity index (χ3n) is 4.69. The molecule has 2 aliphatic heterocycles. The van der Waals surface area contributed by atoms with E-state index in [1.807, 2.05) is 23.1 Å². The van der Waals surface area contributed by atoms with Crippen LogP contribution in [0.2, 0.25) is 0 Å².